The fourth-order valence-electron chi connectivity index (χ4n) is 2.83. The zero-order valence-electron chi connectivity index (χ0n) is 16.2. The zero-order valence-corrected chi connectivity index (χ0v) is 19.9. The van der Waals surface area contributed by atoms with E-state index in [2.05, 4.69) is 44.6 Å². The molecule has 0 aliphatic heterocycles. The normalized spacial score (nSPS) is 11.1. The van der Waals surface area contributed by atoms with E-state index in [0.717, 1.165) is 24.7 Å². The third-order valence-electron chi connectivity index (χ3n) is 4.19. The van der Waals surface area contributed by atoms with Crippen molar-refractivity contribution in [3.05, 3.63) is 91.2 Å². The lowest BCUT2D eigenvalue weighted by Crippen LogP contribution is -2.02. The van der Waals surface area contributed by atoms with Crippen LogP contribution in [-0.4, -0.2) is 6.61 Å². The highest BCUT2D eigenvalue weighted by Crippen LogP contribution is 2.36. The average molecular weight is 578 g/mol. The summed E-state index contributed by atoms with van der Waals surface area (Å²) in [6.07, 6.45) is 1.82. The first-order valence-corrected chi connectivity index (χ1v) is 11.1. The summed E-state index contributed by atoms with van der Waals surface area (Å²) in [5.74, 6) is 0.884. The highest BCUT2D eigenvalue weighted by atomic mass is 127. The third kappa shape index (κ3) is 5.83. The van der Waals surface area contributed by atoms with Gasteiger partial charge in [0.25, 0.3) is 0 Å². The van der Waals surface area contributed by atoms with Gasteiger partial charge in [0.05, 0.1) is 21.8 Å². The number of allylic oxidation sites excluding steroid dienone is 1. The maximum Gasteiger partial charge on any atom is 0.175 e. The van der Waals surface area contributed by atoms with Crippen molar-refractivity contribution in [2.24, 2.45) is 0 Å². The molecule has 0 amide bonds. The molecule has 0 atom stereocenters. The maximum atomic E-state index is 13.4. The van der Waals surface area contributed by atoms with Gasteiger partial charge in [0.1, 0.15) is 12.4 Å². The molecule has 0 aromatic heterocycles. The van der Waals surface area contributed by atoms with Gasteiger partial charge in [-0.05, 0) is 88.7 Å². The van der Waals surface area contributed by atoms with Gasteiger partial charge in [-0.1, -0.05) is 40.2 Å². The first kappa shape index (κ1) is 22.3. The number of nitrogens with zero attached hydrogens (tertiary/aromatic N) is 1. The molecule has 0 N–H and O–H groups in total. The summed E-state index contributed by atoms with van der Waals surface area (Å²) in [5, 5.41) is 9.62. The second-order valence-electron chi connectivity index (χ2n) is 6.36. The largest absolute Gasteiger partial charge is 0.490 e. The second-order valence-corrected chi connectivity index (χ2v) is 8.44. The van der Waals surface area contributed by atoms with E-state index >= 15 is 0 Å². The Morgan fingerprint density at radius 3 is 2.57 bits per heavy atom. The van der Waals surface area contributed by atoms with Crippen molar-refractivity contribution in [2.75, 3.05) is 6.61 Å². The van der Waals surface area contributed by atoms with Gasteiger partial charge >= 0.3 is 0 Å². The van der Waals surface area contributed by atoms with E-state index in [1.54, 1.807) is 6.07 Å². The maximum absolute atomic E-state index is 13.4. The van der Waals surface area contributed by atoms with Crippen molar-refractivity contribution in [3.8, 4) is 17.6 Å². The molecule has 0 saturated carbocycles. The Hall–Kier alpha value is -2.37. The van der Waals surface area contributed by atoms with Gasteiger partial charge in [0.2, 0.25) is 0 Å². The highest BCUT2D eigenvalue weighted by Gasteiger charge is 2.13. The minimum atomic E-state index is -0.298. The van der Waals surface area contributed by atoms with E-state index in [1.165, 1.54) is 12.1 Å². The number of halogens is 3. The van der Waals surface area contributed by atoms with E-state index in [0.29, 0.717) is 23.7 Å². The van der Waals surface area contributed by atoms with Crippen LogP contribution in [-0.2, 0) is 6.61 Å². The van der Waals surface area contributed by atoms with Gasteiger partial charge in [-0.15, -0.1) is 0 Å². The van der Waals surface area contributed by atoms with Crippen LogP contribution in [0.3, 0.4) is 0 Å². The molecule has 0 spiro atoms. The lowest BCUT2D eigenvalue weighted by molar-refractivity contribution is 0.267. The van der Waals surface area contributed by atoms with E-state index in [9.17, 15) is 9.65 Å². The molecule has 3 rings (SSSR count). The predicted octanol–water partition coefficient (Wildman–Crippen LogP) is 7.23. The van der Waals surface area contributed by atoms with Gasteiger partial charge in [-0.3, -0.25) is 0 Å². The first-order valence-electron chi connectivity index (χ1n) is 9.21. The quantitative estimate of drug-likeness (QED) is 0.169. The fourth-order valence-corrected chi connectivity index (χ4v) is 3.88. The van der Waals surface area contributed by atoms with Crippen LogP contribution in [0.25, 0.3) is 11.6 Å². The molecule has 6 heteroatoms. The van der Waals surface area contributed by atoms with Crippen molar-refractivity contribution in [1.29, 1.82) is 5.26 Å². The molecule has 0 bridgehead atoms. The van der Waals surface area contributed by atoms with Gasteiger partial charge in [0, 0.05) is 4.47 Å². The molecule has 0 aliphatic rings. The summed E-state index contributed by atoms with van der Waals surface area (Å²) < 4.78 is 27.0. The van der Waals surface area contributed by atoms with Gasteiger partial charge < -0.3 is 9.47 Å². The topological polar surface area (TPSA) is 42.2 Å². The predicted molar refractivity (Wildman–Crippen MR) is 129 cm³/mol. The van der Waals surface area contributed by atoms with E-state index in [1.807, 2.05) is 55.5 Å². The molecule has 0 radical (unpaired) electrons. The lowest BCUT2D eigenvalue weighted by atomic mass is 10.0. The number of rotatable bonds is 7. The van der Waals surface area contributed by atoms with Crippen molar-refractivity contribution in [2.45, 2.75) is 13.5 Å². The Morgan fingerprint density at radius 1 is 1.13 bits per heavy atom. The Labute approximate surface area is 197 Å². The summed E-state index contributed by atoms with van der Waals surface area (Å²) in [4.78, 5) is 0. The molecule has 3 aromatic carbocycles. The van der Waals surface area contributed by atoms with Crippen LogP contribution >= 0.6 is 38.5 Å². The zero-order chi connectivity index (χ0) is 21.5. The van der Waals surface area contributed by atoms with Crippen LogP contribution in [0.15, 0.2) is 65.1 Å². The van der Waals surface area contributed by atoms with E-state index in [4.69, 9.17) is 9.47 Å². The highest BCUT2D eigenvalue weighted by molar-refractivity contribution is 14.1. The minimum Gasteiger partial charge on any atom is -0.490 e. The van der Waals surface area contributed by atoms with Gasteiger partial charge in [-0.2, -0.15) is 5.26 Å². The van der Waals surface area contributed by atoms with Gasteiger partial charge in [-0.25, -0.2) is 4.39 Å². The molecular weight excluding hydrogens is 560 g/mol. The summed E-state index contributed by atoms with van der Waals surface area (Å²) in [5.41, 5.74) is 2.95. The standard InChI is InChI=1S/C24H18BrFINO2/c1-2-29-23-13-17(10-19(14-28)18-6-8-20(25)9-7-18)12-22(27)24(23)30-15-16-4-3-5-21(26)11-16/h3-13H,2,15H2,1H3/b19-10+. The Morgan fingerprint density at radius 2 is 1.90 bits per heavy atom. The minimum absolute atomic E-state index is 0.228. The third-order valence-corrected chi connectivity index (χ3v) is 5.52. The summed E-state index contributed by atoms with van der Waals surface area (Å²) in [6.45, 7) is 2.59. The Bertz CT molecular complexity index is 1110. The second kappa shape index (κ2) is 10.6. The molecule has 152 valence electrons. The van der Waals surface area contributed by atoms with Gasteiger partial charge in [0.15, 0.2) is 11.5 Å². The van der Waals surface area contributed by atoms with Crippen LogP contribution in [0.1, 0.15) is 23.6 Å². The smallest absolute Gasteiger partial charge is 0.175 e. The van der Waals surface area contributed by atoms with Crippen LogP contribution in [0.4, 0.5) is 4.39 Å². The molecule has 0 fully saturated rings. The van der Waals surface area contributed by atoms with E-state index in [-0.39, 0.29) is 12.4 Å². The van der Waals surface area contributed by atoms with Crippen molar-refractivity contribution >= 4 is 50.2 Å². The van der Waals surface area contributed by atoms with Crippen molar-refractivity contribution in [3.63, 3.8) is 0 Å². The number of ether oxygens (including phenoxy) is 2. The molecule has 30 heavy (non-hydrogen) atoms. The average Bonchev–Trinajstić information content (AvgIpc) is 2.72. The SMILES string of the molecule is CCOc1cc(/C=C(\C#N)c2ccc(Br)cc2)cc(I)c1OCc1cccc(F)c1. The van der Waals surface area contributed by atoms with Crippen LogP contribution in [0, 0.1) is 20.7 Å². The Balaban J connectivity index is 1.92. The fraction of sp³-hybridized carbons (Fsp3) is 0.125. The Kier molecular flexibility index (Phi) is 7.88. The first-order chi connectivity index (χ1) is 14.5. The molecule has 0 aliphatic carbocycles. The van der Waals surface area contributed by atoms with E-state index < -0.39 is 0 Å². The molecular formula is C24H18BrFINO2. The van der Waals surface area contributed by atoms with Crippen LogP contribution in [0.5, 0.6) is 11.5 Å². The lowest BCUT2D eigenvalue weighted by Gasteiger charge is -2.15. The summed E-state index contributed by atoms with van der Waals surface area (Å²) in [6, 6.07) is 19.9. The monoisotopic (exact) mass is 577 g/mol. The summed E-state index contributed by atoms with van der Waals surface area (Å²) in [7, 11) is 0. The number of benzene rings is 3. The van der Waals surface area contributed by atoms with Crippen LogP contribution < -0.4 is 9.47 Å². The molecule has 0 saturated heterocycles. The molecule has 3 nitrogen and oxygen atoms in total. The number of nitriles is 1. The molecule has 3 aromatic rings. The number of hydrogen-bond acceptors (Lipinski definition) is 3. The molecule has 0 unspecified atom stereocenters. The van der Waals surface area contributed by atoms with Crippen molar-refractivity contribution < 1.29 is 13.9 Å². The van der Waals surface area contributed by atoms with Crippen LogP contribution in [0.2, 0.25) is 0 Å². The summed E-state index contributed by atoms with van der Waals surface area (Å²) >= 11 is 5.59. The van der Waals surface area contributed by atoms with Crippen molar-refractivity contribution in [1.82, 2.24) is 0 Å². The molecule has 0 heterocycles. The number of hydrogen-bond donors (Lipinski definition) is 0.